The molecule has 0 atom stereocenters. The van der Waals surface area contributed by atoms with Crippen molar-refractivity contribution in [3.8, 4) is 28.7 Å². The Labute approximate surface area is 216 Å². The van der Waals surface area contributed by atoms with Crippen LogP contribution in [0.2, 0.25) is 0 Å². The number of aromatic nitrogens is 1. The summed E-state index contributed by atoms with van der Waals surface area (Å²) in [5, 5.41) is 11.6. The summed E-state index contributed by atoms with van der Waals surface area (Å²) in [5.41, 5.74) is 2.99. The number of ether oxygens (including phenoxy) is 2. The third kappa shape index (κ3) is 4.76. The monoisotopic (exact) mass is 494 g/mol. The SMILES string of the molecule is COc1ccc2c(=O)n(CCN3CCN(c4ccccc4OC)CC3)c(C#N)c(-c3ccccc3)c2c1. The Morgan fingerprint density at radius 1 is 0.838 bits per heavy atom. The number of hydrogen-bond acceptors (Lipinski definition) is 6. The third-order valence-corrected chi connectivity index (χ3v) is 7.08. The minimum atomic E-state index is -0.151. The minimum absolute atomic E-state index is 0.151. The van der Waals surface area contributed by atoms with Crippen molar-refractivity contribution in [3.05, 3.63) is 88.8 Å². The van der Waals surface area contributed by atoms with E-state index in [2.05, 4.69) is 21.9 Å². The highest BCUT2D eigenvalue weighted by molar-refractivity contribution is 5.99. The second-order valence-corrected chi connectivity index (χ2v) is 9.07. The lowest BCUT2D eigenvalue weighted by molar-refractivity contribution is 0.246. The fourth-order valence-corrected chi connectivity index (χ4v) is 5.12. The molecule has 4 aromatic rings. The molecule has 0 spiro atoms. The molecule has 0 bridgehead atoms. The average molecular weight is 495 g/mol. The molecule has 0 unspecified atom stereocenters. The lowest BCUT2D eigenvalue weighted by Gasteiger charge is -2.36. The van der Waals surface area contributed by atoms with Gasteiger partial charge in [0.25, 0.3) is 5.56 Å². The van der Waals surface area contributed by atoms with Crippen molar-refractivity contribution in [2.45, 2.75) is 6.54 Å². The average Bonchev–Trinajstić information content (AvgIpc) is 2.96. The van der Waals surface area contributed by atoms with E-state index in [1.165, 1.54) is 0 Å². The lowest BCUT2D eigenvalue weighted by atomic mass is 9.97. The van der Waals surface area contributed by atoms with Crippen molar-refractivity contribution in [2.75, 3.05) is 51.8 Å². The van der Waals surface area contributed by atoms with Gasteiger partial charge in [0, 0.05) is 55.6 Å². The largest absolute Gasteiger partial charge is 0.497 e. The number of rotatable bonds is 7. The quantitative estimate of drug-likeness (QED) is 0.380. The van der Waals surface area contributed by atoms with E-state index in [4.69, 9.17) is 9.47 Å². The van der Waals surface area contributed by atoms with Crippen LogP contribution in [0.4, 0.5) is 5.69 Å². The van der Waals surface area contributed by atoms with Gasteiger partial charge < -0.3 is 14.4 Å². The number of anilines is 1. The lowest BCUT2D eigenvalue weighted by Crippen LogP contribution is -2.47. The Morgan fingerprint density at radius 3 is 2.27 bits per heavy atom. The standard InChI is InChI=1S/C30H30N4O3/c1-36-23-12-13-24-25(20-23)29(22-8-4-3-5-9-22)27(21-31)34(30(24)35)19-16-32-14-17-33(18-15-32)26-10-6-7-11-28(26)37-2/h3-13,20H,14-19H2,1-2H3. The second kappa shape index (κ2) is 10.8. The molecule has 0 amide bonds. The number of nitrogens with zero attached hydrogens (tertiary/aromatic N) is 4. The van der Waals surface area contributed by atoms with E-state index < -0.39 is 0 Å². The summed E-state index contributed by atoms with van der Waals surface area (Å²) in [7, 11) is 3.30. The van der Waals surface area contributed by atoms with Gasteiger partial charge in [-0.25, -0.2) is 0 Å². The van der Waals surface area contributed by atoms with Crippen molar-refractivity contribution in [3.63, 3.8) is 0 Å². The maximum absolute atomic E-state index is 13.6. The fourth-order valence-electron chi connectivity index (χ4n) is 5.12. The van der Waals surface area contributed by atoms with E-state index in [9.17, 15) is 10.1 Å². The van der Waals surface area contributed by atoms with Gasteiger partial charge in [-0.15, -0.1) is 0 Å². The van der Waals surface area contributed by atoms with Crippen molar-refractivity contribution < 1.29 is 9.47 Å². The summed E-state index contributed by atoms with van der Waals surface area (Å²) < 4.78 is 12.6. The predicted octanol–water partition coefficient (Wildman–Crippen LogP) is 4.38. The number of methoxy groups -OCH3 is 2. The van der Waals surface area contributed by atoms with Crippen LogP contribution >= 0.6 is 0 Å². The number of pyridine rings is 1. The summed E-state index contributed by atoms with van der Waals surface area (Å²) in [6.45, 7) is 4.60. The molecule has 1 aliphatic heterocycles. The molecule has 1 aromatic heterocycles. The smallest absolute Gasteiger partial charge is 0.259 e. The van der Waals surface area contributed by atoms with Crippen molar-refractivity contribution >= 4 is 16.5 Å². The highest BCUT2D eigenvalue weighted by atomic mass is 16.5. The van der Waals surface area contributed by atoms with Crippen LogP contribution in [-0.4, -0.2) is 56.4 Å². The topological polar surface area (TPSA) is 70.7 Å². The van der Waals surface area contributed by atoms with E-state index in [1.54, 1.807) is 30.9 Å². The molecule has 2 heterocycles. The Hall–Kier alpha value is -4.28. The van der Waals surface area contributed by atoms with Gasteiger partial charge in [0.1, 0.15) is 23.3 Å². The van der Waals surface area contributed by atoms with E-state index in [0.29, 0.717) is 29.9 Å². The zero-order valence-electron chi connectivity index (χ0n) is 21.2. The van der Waals surface area contributed by atoms with Crippen LogP contribution in [0.15, 0.2) is 77.6 Å². The third-order valence-electron chi connectivity index (χ3n) is 7.08. The van der Waals surface area contributed by atoms with E-state index in [1.807, 2.05) is 54.6 Å². The van der Waals surface area contributed by atoms with Crippen LogP contribution in [0.25, 0.3) is 21.9 Å². The molecule has 1 aliphatic rings. The molecule has 7 nitrogen and oxygen atoms in total. The van der Waals surface area contributed by atoms with Gasteiger partial charge in [0.2, 0.25) is 0 Å². The number of benzene rings is 3. The summed E-state index contributed by atoms with van der Waals surface area (Å²) in [5.74, 6) is 1.53. The molecule has 7 heteroatoms. The maximum Gasteiger partial charge on any atom is 0.259 e. The number of para-hydroxylation sites is 2. The van der Waals surface area contributed by atoms with E-state index >= 15 is 0 Å². The van der Waals surface area contributed by atoms with Gasteiger partial charge >= 0.3 is 0 Å². The molecule has 1 fully saturated rings. The summed E-state index contributed by atoms with van der Waals surface area (Å²) in [6, 6.07) is 25.6. The van der Waals surface area contributed by atoms with Crippen LogP contribution in [-0.2, 0) is 6.54 Å². The van der Waals surface area contributed by atoms with Gasteiger partial charge in [-0.1, -0.05) is 42.5 Å². The summed E-state index contributed by atoms with van der Waals surface area (Å²) in [6.07, 6.45) is 0. The molecular formula is C30H30N4O3. The molecule has 188 valence electrons. The maximum atomic E-state index is 13.6. The summed E-state index contributed by atoms with van der Waals surface area (Å²) >= 11 is 0. The minimum Gasteiger partial charge on any atom is -0.497 e. The Bertz CT molecular complexity index is 1500. The first-order valence-corrected chi connectivity index (χ1v) is 12.4. The molecule has 0 N–H and O–H groups in total. The molecule has 1 saturated heterocycles. The van der Waals surface area contributed by atoms with Crippen molar-refractivity contribution in [1.82, 2.24) is 9.47 Å². The van der Waals surface area contributed by atoms with Gasteiger partial charge in [-0.2, -0.15) is 5.26 Å². The molecule has 37 heavy (non-hydrogen) atoms. The number of piperazine rings is 1. The molecule has 0 aliphatic carbocycles. The van der Waals surface area contributed by atoms with Crippen LogP contribution in [0.5, 0.6) is 11.5 Å². The Kier molecular flexibility index (Phi) is 7.11. The highest BCUT2D eigenvalue weighted by Crippen LogP contribution is 2.33. The summed E-state index contributed by atoms with van der Waals surface area (Å²) in [4.78, 5) is 18.3. The van der Waals surface area contributed by atoms with E-state index in [0.717, 1.165) is 54.1 Å². The molecule has 3 aromatic carbocycles. The normalized spacial score (nSPS) is 13.9. The van der Waals surface area contributed by atoms with Gasteiger partial charge in [0.15, 0.2) is 0 Å². The number of fused-ring (bicyclic) bond motifs is 1. The molecule has 5 rings (SSSR count). The first kappa shape index (κ1) is 24.4. The van der Waals surface area contributed by atoms with Crippen LogP contribution in [0, 0.1) is 11.3 Å². The Balaban J connectivity index is 1.43. The van der Waals surface area contributed by atoms with E-state index in [-0.39, 0.29) is 5.56 Å². The first-order valence-electron chi connectivity index (χ1n) is 12.4. The van der Waals surface area contributed by atoms with Crippen LogP contribution in [0.1, 0.15) is 5.69 Å². The van der Waals surface area contributed by atoms with Crippen molar-refractivity contribution in [1.29, 1.82) is 5.26 Å². The van der Waals surface area contributed by atoms with Gasteiger partial charge in [-0.05, 0) is 35.9 Å². The van der Waals surface area contributed by atoms with Crippen LogP contribution in [0.3, 0.4) is 0 Å². The zero-order chi connectivity index (χ0) is 25.8. The van der Waals surface area contributed by atoms with Crippen LogP contribution < -0.4 is 19.9 Å². The first-order chi connectivity index (χ1) is 18.1. The van der Waals surface area contributed by atoms with Crippen molar-refractivity contribution in [2.24, 2.45) is 0 Å². The molecule has 0 radical (unpaired) electrons. The number of nitriles is 1. The molecule has 0 saturated carbocycles. The fraction of sp³-hybridized carbons (Fsp3) is 0.267. The molecular weight excluding hydrogens is 464 g/mol. The second-order valence-electron chi connectivity index (χ2n) is 9.07. The Morgan fingerprint density at radius 2 is 1.57 bits per heavy atom. The predicted molar refractivity (Wildman–Crippen MR) is 147 cm³/mol. The van der Waals surface area contributed by atoms with Gasteiger partial charge in [0.05, 0.1) is 19.9 Å². The number of hydrogen-bond donors (Lipinski definition) is 0. The highest BCUT2D eigenvalue weighted by Gasteiger charge is 2.22. The zero-order valence-corrected chi connectivity index (χ0v) is 21.2. The van der Waals surface area contributed by atoms with Gasteiger partial charge in [-0.3, -0.25) is 14.3 Å².